The van der Waals surface area contributed by atoms with Gasteiger partial charge in [0.25, 0.3) is 0 Å². The van der Waals surface area contributed by atoms with Crippen molar-refractivity contribution in [2.24, 2.45) is 0 Å². The lowest BCUT2D eigenvalue weighted by Gasteiger charge is -2.13. The van der Waals surface area contributed by atoms with Crippen LogP contribution < -0.4 is 37.9 Å². The monoisotopic (exact) mass is 685 g/mol. The van der Waals surface area contributed by atoms with E-state index in [1.165, 1.54) is 21.3 Å². The number of aromatic nitrogens is 1. The van der Waals surface area contributed by atoms with Gasteiger partial charge >= 0.3 is 0 Å². The number of hydrogen-bond donors (Lipinski definition) is 0. The van der Waals surface area contributed by atoms with E-state index in [-0.39, 0.29) is 11.9 Å². The Kier molecular flexibility index (Phi) is 11.3. The minimum Gasteiger partial charge on any atom is -0.497 e. The maximum atomic E-state index is 12.7. The van der Waals surface area contributed by atoms with Gasteiger partial charge in [0, 0.05) is 16.7 Å². The quantitative estimate of drug-likeness (QED) is 0.0927. The van der Waals surface area contributed by atoms with Gasteiger partial charge in [0.2, 0.25) is 11.5 Å². The van der Waals surface area contributed by atoms with Crippen LogP contribution in [0.1, 0.15) is 22.0 Å². The highest BCUT2D eigenvalue weighted by molar-refractivity contribution is 6.02. The molecule has 0 aliphatic carbocycles. The van der Waals surface area contributed by atoms with Crippen molar-refractivity contribution >= 4 is 5.78 Å². The van der Waals surface area contributed by atoms with Crippen molar-refractivity contribution in [2.75, 3.05) is 56.9 Å². The average molecular weight is 686 g/mol. The number of rotatable bonds is 13. The van der Waals surface area contributed by atoms with Crippen LogP contribution in [-0.2, 0) is 4.74 Å². The van der Waals surface area contributed by atoms with Crippen molar-refractivity contribution in [1.82, 2.24) is 5.16 Å². The summed E-state index contributed by atoms with van der Waals surface area (Å²) in [4.78, 5) is 12.7. The van der Waals surface area contributed by atoms with E-state index in [1.54, 1.807) is 53.9 Å². The van der Waals surface area contributed by atoms with E-state index in [0.717, 1.165) is 33.8 Å². The van der Waals surface area contributed by atoms with Gasteiger partial charge in [-0.05, 0) is 59.7 Å². The number of carbonyl (C=O) groups is 1. The molecule has 1 aliphatic rings. The SMILES string of the molecule is COc1ccc(-c2conc2-c2cc(OC)c(OC)c(OC)c2)cc1.COc1ccc(C2OC2C(=O)c2cc(OC)c(OC)c(OC)c2)cc1. The smallest absolute Gasteiger partial charge is 0.203 e. The Balaban J connectivity index is 0.000000194. The Morgan fingerprint density at radius 3 is 1.52 bits per heavy atom. The number of carbonyl (C=O) groups excluding carboxylic acids is 1. The lowest BCUT2D eigenvalue weighted by atomic mass is 10.0. The first kappa shape index (κ1) is 35.4. The van der Waals surface area contributed by atoms with Crippen LogP contribution in [0.3, 0.4) is 0 Å². The summed E-state index contributed by atoms with van der Waals surface area (Å²) >= 11 is 0. The van der Waals surface area contributed by atoms with Crippen LogP contribution in [0.2, 0.25) is 0 Å². The fourth-order valence-electron chi connectivity index (χ4n) is 5.38. The van der Waals surface area contributed by atoms with Crippen LogP contribution in [0, 0.1) is 0 Å². The third-order valence-corrected chi connectivity index (χ3v) is 8.05. The van der Waals surface area contributed by atoms with Gasteiger partial charge in [0.15, 0.2) is 34.9 Å². The Morgan fingerprint density at radius 2 is 1.06 bits per heavy atom. The fraction of sp³-hybridized carbons (Fsp3) is 0.263. The Bertz CT molecular complexity index is 1850. The number of ketones is 1. The number of benzene rings is 4. The molecule has 1 saturated heterocycles. The normalized spacial score (nSPS) is 14.4. The van der Waals surface area contributed by atoms with E-state index in [2.05, 4.69) is 5.16 Å². The molecule has 2 atom stereocenters. The van der Waals surface area contributed by atoms with Crippen LogP contribution >= 0.6 is 0 Å². The second-order valence-corrected chi connectivity index (χ2v) is 10.7. The molecule has 2 heterocycles. The van der Waals surface area contributed by atoms with E-state index in [1.807, 2.05) is 60.7 Å². The molecule has 0 bridgehead atoms. The standard InChI is InChI=1S/C19H19NO5.C19H20O6/c1-21-14-7-5-12(6-8-14)15-11-25-20-18(15)13-9-16(22-2)19(24-4)17(10-13)23-3;1-21-13-7-5-11(6-8-13)17-19(25-17)16(20)12-9-14(22-2)18(24-4)15(10-12)23-3/h5-11H,1-4H3;5-10,17,19H,1-4H3. The summed E-state index contributed by atoms with van der Waals surface area (Å²) in [6.45, 7) is 0. The van der Waals surface area contributed by atoms with Gasteiger partial charge in [-0.1, -0.05) is 29.4 Å². The lowest BCUT2D eigenvalue weighted by molar-refractivity contribution is 0.0953. The third-order valence-electron chi connectivity index (χ3n) is 8.05. The van der Waals surface area contributed by atoms with Crippen LogP contribution in [0.5, 0.6) is 46.0 Å². The molecule has 1 aromatic heterocycles. The Morgan fingerprint density at radius 1 is 0.580 bits per heavy atom. The first-order valence-electron chi connectivity index (χ1n) is 15.4. The largest absolute Gasteiger partial charge is 0.497 e. The first-order valence-corrected chi connectivity index (χ1v) is 15.4. The molecule has 50 heavy (non-hydrogen) atoms. The van der Waals surface area contributed by atoms with Gasteiger partial charge < -0.3 is 47.2 Å². The van der Waals surface area contributed by atoms with Gasteiger partial charge in [-0.2, -0.15) is 0 Å². The highest BCUT2D eigenvalue weighted by Gasteiger charge is 2.46. The zero-order chi connectivity index (χ0) is 35.8. The van der Waals surface area contributed by atoms with Gasteiger partial charge in [-0.25, -0.2) is 0 Å². The highest BCUT2D eigenvalue weighted by atomic mass is 16.6. The van der Waals surface area contributed by atoms with Crippen molar-refractivity contribution in [3.63, 3.8) is 0 Å². The molecule has 0 amide bonds. The minimum absolute atomic E-state index is 0.125. The molecule has 0 saturated carbocycles. The zero-order valence-corrected chi connectivity index (χ0v) is 29.1. The fourth-order valence-corrected chi connectivity index (χ4v) is 5.38. The maximum Gasteiger partial charge on any atom is 0.203 e. The summed E-state index contributed by atoms with van der Waals surface area (Å²) in [6.07, 6.45) is 0.842. The van der Waals surface area contributed by atoms with Gasteiger partial charge in [0.05, 0.1) is 56.9 Å². The molecular weight excluding hydrogens is 646 g/mol. The van der Waals surface area contributed by atoms with Crippen molar-refractivity contribution in [1.29, 1.82) is 0 Å². The molecule has 4 aromatic carbocycles. The highest BCUT2D eigenvalue weighted by Crippen LogP contribution is 2.45. The van der Waals surface area contributed by atoms with Crippen LogP contribution in [0.4, 0.5) is 0 Å². The summed E-state index contributed by atoms with van der Waals surface area (Å²) < 4.78 is 53.2. The number of methoxy groups -OCH3 is 8. The van der Waals surface area contributed by atoms with Crippen molar-refractivity contribution < 1.29 is 51.9 Å². The van der Waals surface area contributed by atoms with E-state index in [9.17, 15) is 4.79 Å². The molecule has 1 aliphatic heterocycles. The van der Waals surface area contributed by atoms with Crippen LogP contribution in [0.15, 0.2) is 83.6 Å². The van der Waals surface area contributed by atoms with Crippen molar-refractivity contribution in [2.45, 2.75) is 12.2 Å². The molecular formula is C38H39NO11. The van der Waals surface area contributed by atoms with E-state index in [4.69, 9.17) is 47.2 Å². The summed E-state index contributed by atoms with van der Waals surface area (Å²) in [7, 11) is 12.5. The molecule has 6 rings (SSSR count). The number of ether oxygens (including phenoxy) is 9. The van der Waals surface area contributed by atoms with Crippen LogP contribution in [-0.4, -0.2) is 73.9 Å². The summed E-state index contributed by atoms with van der Waals surface area (Å²) in [6, 6.07) is 22.1. The molecule has 0 N–H and O–H groups in total. The molecule has 0 radical (unpaired) electrons. The molecule has 262 valence electrons. The predicted octanol–water partition coefficient (Wildman–Crippen LogP) is 7.09. The summed E-state index contributed by atoms with van der Waals surface area (Å²) in [5, 5.41) is 4.15. The molecule has 1 fully saturated rings. The van der Waals surface area contributed by atoms with Crippen molar-refractivity contribution in [3.05, 3.63) is 90.2 Å². The van der Waals surface area contributed by atoms with Gasteiger partial charge in [-0.15, -0.1) is 0 Å². The third kappa shape index (κ3) is 7.40. The maximum absolute atomic E-state index is 12.7. The zero-order valence-electron chi connectivity index (χ0n) is 29.1. The lowest BCUT2D eigenvalue weighted by Crippen LogP contribution is -2.09. The molecule has 2 unspecified atom stereocenters. The predicted molar refractivity (Wildman–Crippen MR) is 185 cm³/mol. The van der Waals surface area contributed by atoms with Crippen LogP contribution in [0.25, 0.3) is 22.4 Å². The first-order chi connectivity index (χ1) is 24.3. The van der Waals surface area contributed by atoms with Gasteiger partial charge in [0.1, 0.15) is 29.6 Å². The van der Waals surface area contributed by atoms with Gasteiger partial charge in [-0.3, -0.25) is 4.79 Å². The Labute approximate surface area is 290 Å². The van der Waals surface area contributed by atoms with E-state index in [0.29, 0.717) is 45.8 Å². The number of Topliss-reactive ketones (excluding diaryl/α,β-unsaturated/α-hetero) is 1. The summed E-state index contributed by atoms with van der Waals surface area (Å²) in [5.74, 6) is 4.39. The molecule has 5 aromatic rings. The topological polar surface area (TPSA) is 129 Å². The minimum atomic E-state index is -0.517. The number of nitrogens with zero attached hydrogens (tertiary/aromatic N) is 1. The van der Waals surface area contributed by atoms with Crippen molar-refractivity contribution in [3.8, 4) is 68.4 Å². The Hall–Kier alpha value is -5.88. The van der Waals surface area contributed by atoms with E-state index < -0.39 is 6.10 Å². The second kappa shape index (κ2) is 16.0. The van der Waals surface area contributed by atoms with E-state index >= 15 is 0 Å². The number of hydrogen-bond acceptors (Lipinski definition) is 12. The number of epoxide rings is 1. The molecule has 12 nitrogen and oxygen atoms in total. The molecule has 0 spiro atoms. The molecule has 12 heteroatoms. The summed E-state index contributed by atoms with van der Waals surface area (Å²) in [5.41, 5.74) is 4.70. The second-order valence-electron chi connectivity index (χ2n) is 10.7. The average Bonchev–Trinajstić information content (AvgIpc) is 3.83.